The van der Waals surface area contributed by atoms with Crippen molar-refractivity contribution in [3.63, 3.8) is 0 Å². The zero-order valence-corrected chi connectivity index (χ0v) is 51.4. The maximum atomic E-state index is 14.6. The number of rotatable bonds is 10. The number of para-hydroxylation sites is 1. The second-order valence-electron chi connectivity index (χ2n) is 24.6. The molecule has 17 rings (SSSR count). The highest BCUT2D eigenvalue weighted by molar-refractivity contribution is 7.00. The van der Waals surface area contributed by atoms with Gasteiger partial charge in [0.25, 0.3) is 6.71 Å². The van der Waals surface area contributed by atoms with Crippen molar-refractivity contribution in [3.8, 4) is 83.6 Å². The minimum Gasteiger partial charge on any atom is -0.311 e. The number of aromatic nitrogens is 1. The minimum absolute atomic E-state index is 0.243. The van der Waals surface area contributed by atoms with Gasteiger partial charge >= 0.3 is 12.4 Å². The van der Waals surface area contributed by atoms with Crippen LogP contribution in [-0.4, -0.2) is 11.3 Å². The van der Waals surface area contributed by atoms with Crippen LogP contribution in [-0.2, 0) is 12.4 Å². The monoisotopic (exact) mass is 1250 g/mol. The van der Waals surface area contributed by atoms with E-state index in [-0.39, 0.29) is 17.8 Å². The fourth-order valence-electron chi connectivity index (χ4n) is 14.5. The molecule has 0 bridgehead atoms. The van der Waals surface area contributed by atoms with Gasteiger partial charge in [-0.3, -0.25) is 0 Å². The van der Waals surface area contributed by atoms with Gasteiger partial charge in [0.15, 0.2) is 0 Å². The predicted molar refractivity (Wildman–Crippen MR) is 383 cm³/mol. The summed E-state index contributed by atoms with van der Waals surface area (Å²) in [6.07, 6.45) is -9.27. The largest absolute Gasteiger partial charge is 0.416 e. The molecule has 458 valence electrons. The number of benzene rings is 14. The Balaban J connectivity index is 0.914. The van der Waals surface area contributed by atoms with Gasteiger partial charge in [-0.1, -0.05) is 224 Å². The fraction of sp³-hybridized carbons (Fsp3) is 0.0233. The molecule has 0 amide bonds. The van der Waals surface area contributed by atoms with Crippen molar-refractivity contribution in [2.45, 2.75) is 12.4 Å². The predicted octanol–water partition coefficient (Wildman–Crippen LogP) is 22.6. The average Bonchev–Trinajstić information content (AvgIpc) is 0.794. The van der Waals surface area contributed by atoms with Crippen LogP contribution >= 0.6 is 0 Å². The maximum absolute atomic E-state index is 14.6. The highest BCUT2D eigenvalue weighted by atomic mass is 19.4. The zero-order valence-electron chi connectivity index (χ0n) is 51.4. The first-order chi connectivity index (χ1) is 46.9. The van der Waals surface area contributed by atoms with E-state index < -0.39 is 23.5 Å². The van der Waals surface area contributed by atoms with Crippen LogP contribution in [0.4, 0.5) is 60.5 Å². The number of anilines is 6. The molecule has 0 N–H and O–H groups in total. The molecule has 14 aromatic carbocycles. The van der Waals surface area contributed by atoms with E-state index in [0.29, 0.717) is 16.8 Å². The van der Waals surface area contributed by atoms with E-state index in [9.17, 15) is 26.3 Å². The van der Waals surface area contributed by atoms with Crippen LogP contribution < -0.4 is 26.2 Å². The van der Waals surface area contributed by atoms with E-state index in [1.54, 1.807) is 30.3 Å². The summed E-state index contributed by atoms with van der Waals surface area (Å²) in [7, 11) is 0. The van der Waals surface area contributed by atoms with Gasteiger partial charge in [0.05, 0.1) is 27.8 Å². The third kappa shape index (κ3) is 10.1. The molecule has 10 heteroatoms. The lowest BCUT2D eigenvalue weighted by atomic mass is 9.33. The van der Waals surface area contributed by atoms with Gasteiger partial charge in [0.2, 0.25) is 0 Å². The lowest BCUT2D eigenvalue weighted by Crippen LogP contribution is -2.61. The first-order valence-electron chi connectivity index (χ1n) is 31.9. The Morgan fingerprint density at radius 1 is 0.240 bits per heavy atom. The number of fused-ring (bicyclic) bond motifs is 7. The van der Waals surface area contributed by atoms with Crippen LogP contribution in [0.25, 0.3) is 105 Å². The zero-order chi connectivity index (χ0) is 64.8. The highest BCUT2D eigenvalue weighted by Crippen LogP contribution is 2.49. The summed E-state index contributed by atoms with van der Waals surface area (Å²) < 4.78 is 88.6. The normalized spacial score (nSPS) is 12.6. The summed E-state index contributed by atoms with van der Waals surface area (Å²) in [5.74, 6) is 0. The van der Waals surface area contributed by atoms with E-state index in [4.69, 9.17) is 0 Å². The molecule has 3 heterocycles. The molecule has 0 saturated carbocycles. The second kappa shape index (κ2) is 23.0. The molecule has 0 radical (unpaired) electrons. The van der Waals surface area contributed by atoms with Crippen LogP contribution in [0.5, 0.6) is 0 Å². The van der Waals surface area contributed by atoms with Crippen molar-refractivity contribution in [2.75, 3.05) is 9.80 Å². The summed E-state index contributed by atoms with van der Waals surface area (Å²) in [4.78, 5) is 4.87. The van der Waals surface area contributed by atoms with Gasteiger partial charge in [0.1, 0.15) is 0 Å². The second-order valence-corrected chi connectivity index (χ2v) is 24.6. The average molecular weight is 1250 g/mol. The third-order valence-corrected chi connectivity index (χ3v) is 19.0. The molecule has 15 aromatic rings. The van der Waals surface area contributed by atoms with Gasteiger partial charge in [-0.15, -0.1) is 0 Å². The molecule has 1 aromatic heterocycles. The highest BCUT2D eigenvalue weighted by Gasteiger charge is 2.44. The molecule has 96 heavy (non-hydrogen) atoms. The molecule has 0 spiro atoms. The van der Waals surface area contributed by atoms with Gasteiger partial charge in [0, 0.05) is 50.5 Å². The molecule has 0 unspecified atom stereocenters. The van der Waals surface area contributed by atoms with Crippen molar-refractivity contribution in [1.82, 2.24) is 4.57 Å². The van der Waals surface area contributed by atoms with Crippen molar-refractivity contribution in [2.24, 2.45) is 0 Å². The van der Waals surface area contributed by atoms with Crippen molar-refractivity contribution in [3.05, 3.63) is 339 Å². The standard InChI is InChI=1S/C86H54BF6N3/c88-85(89,90)68-27-15-25-61(47-68)62-35-43-78(73(49-62)66-26-16-28-69(48-66)86(91,92)93)96-77-30-14-13-29-72(77)74-50-63(36-44-79(74)96)67-53-82-84-83(54-67)95(71-41-33-60(34-42-71)56-19-7-2-8-20-56)81-46-38-65(58-23-11-4-12-24-58)52-76(81)87(84)75-51-64(57-21-9-3-10-22-57)37-45-80(75)94(82)70-39-31-59(32-40-70)55-17-5-1-6-18-55/h1-54H. The van der Waals surface area contributed by atoms with Gasteiger partial charge in [-0.25, -0.2) is 0 Å². The Morgan fingerprint density at radius 3 is 1.10 bits per heavy atom. The Morgan fingerprint density at radius 2 is 0.604 bits per heavy atom. The van der Waals surface area contributed by atoms with Crippen molar-refractivity contribution < 1.29 is 26.3 Å². The molecule has 0 saturated heterocycles. The summed E-state index contributed by atoms with van der Waals surface area (Å²) in [5, 5.41) is 1.79. The number of hydrogen-bond donors (Lipinski definition) is 0. The van der Waals surface area contributed by atoms with Crippen LogP contribution in [0.1, 0.15) is 11.1 Å². The topological polar surface area (TPSA) is 11.4 Å². The summed E-state index contributed by atoms with van der Waals surface area (Å²) >= 11 is 0. The molecule has 0 atom stereocenters. The molecule has 2 aliphatic rings. The SMILES string of the molecule is FC(F)(F)c1cccc(-c2ccc(-n3c4ccccc4c4cc(-c5cc6c7c(c5)N(c5ccc(-c8ccccc8)cc5)c5ccc(-c8ccccc8)cc5B7c5cc(-c7ccccc7)ccc5N6c5ccc(-c6ccccc6)cc5)ccc43)c(-c3cccc(C(F)(F)F)c3)c2)c1. The summed E-state index contributed by atoms with van der Waals surface area (Å²) in [6, 6.07) is 108. The Kier molecular flexibility index (Phi) is 13.9. The molecule has 2 aliphatic heterocycles. The van der Waals surface area contributed by atoms with E-state index in [1.807, 2.05) is 30.3 Å². The number of hydrogen-bond acceptors (Lipinski definition) is 2. The van der Waals surface area contributed by atoms with Gasteiger partial charge in [-0.05, 0) is 192 Å². The van der Waals surface area contributed by atoms with E-state index >= 15 is 0 Å². The Hall–Kier alpha value is -11.9. The summed E-state index contributed by atoms with van der Waals surface area (Å²) in [6.45, 7) is -0.243. The maximum Gasteiger partial charge on any atom is 0.416 e. The number of alkyl halides is 6. The first kappa shape index (κ1) is 58.0. The molecular weight excluding hydrogens is 1200 g/mol. The molecule has 0 fully saturated rings. The molecule has 0 aliphatic carbocycles. The van der Waals surface area contributed by atoms with Gasteiger partial charge < -0.3 is 14.4 Å². The Bertz CT molecular complexity index is 5300. The lowest BCUT2D eigenvalue weighted by molar-refractivity contribution is -0.138. The smallest absolute Gasteiger partial charge is 0.311 e. The van der Waals surface area contributed by atoms with E-state index in [2.05, 4.69) is 245 Å². The van der Waals surface area contributed by atoms with Crippen LogP contribution in [0, 0.1) is 0 Å². The number of nitrogens with zero attached hydrogens (tertiary/aromatic N) is 3. The van der Waals surface area contributed by atoms with E-state index in [1.165, 1.54) is 12.1 Å². The van der Waals surface area contributed by atoms with Crippen LogP contribution in [0.3, 0.4) is 0 Å². The number of halogens is 6. The van der Waals surface area contributed by atoms with Crippen LogP contribution in [0.2, 0.25) is 0 Å². The van der Waals surface area contributed by atoms with Crippen molar-refractivity contribution in [1.29, 1.82) is 0 Å². The Labute approximate surface area is 551 Å². The lowest BCUT2D eigenvalue weighted by Gasteiger charge is -2.44. The minimum atomic E-state index is -4.66. The van der Waals surface area contributed by atoms with Gasteiger partial charge in [-0.2, -0.15) is 26.3 Å². The third-order valence-electron chi connectivity index (χ3n) is 19.0. The molecule has 3 nitrogen and oxygen atoms in total. The van der Waals surface area contributed by atoms with Crippen LogP contribution in [0.15, 0.2) is 328 Å². The van der Waals surface area contributed by atoms with E-state index in [0.717, 1.165) is 152 Å². The summed E-state index contributed by atoms with van der Waals surface area (Å²) in [5.41, 5.74) is 22.1. The first-order valence-corrected chi connectivity index (χ1v) is 31.9. The fourth-order valence-corrected chi connectivity index (χ4v) is 14.5. The molecular formula is C86H54BF6N3. The quantitative estimate of drug-likeness (QED) is 0.0999. The van der Waals surface area contributed by atoms with Crippen molar-refractivity contribution >= 4 is 79.0 Å².